The molecule has 2 atom stereocenters. The molecule has 1 saturated heterocycles. The van der Waals surface area contributed by atoms with Gasteiger partial charge >= 0.3 is 6.09 Å². The van der Waals surface area contributed by atoms with Gasteiger partial charge in [-0.1, -0.05) is 42.5 Å². The maximum Gasteiger partial charge on any atom is 0.416 e. The molecule has 1 amide bonds. The van der Waals surface area contributed by atoms with E-state index in [0.29, 0.717) is 29.8 Å². The largest absolute Gasteiger partial charge is 0.497 e. The summed E-state index contributed by atoms with van der Waals surface area (Å²) in [5.41, 5.74) is 2.14. The van der Waals surface area contributed by atoms with Crippen LogP contribution >= 0.6 is 0 Å². The smallest absolute Gasteiger partial charge is 0.416 e. The molecule has 230 valence electrons. The number of amides is 1. The van der Waals surface area contributed by atoms with E-state index in [1.54, 1.807) is 25.3 Å². The zero-order chi connectivity index (χ0) is 30.9. The van der Waals surface area contributed by atoms with E-state index in [-0.39, 0.29) is 18.2 Å². The molecule has 5 rings (SSSR count). The quantitative estimate of drug-likeness (QED) is 0.197. The number of carbonyl (C=O) groups is 1. The van der Waals surface area contributed by atoms with Crippen molar-refractivity contribution in [3.8, 4) is 11.5 Å². The van der Waals surface area contributed by atoms with Crippen molar-refractivity contribution in [3.63, 3.8) is 0 Å². The predicted octanol–water partition coefficient (Wildman–Crippen LogP) is 6.99. The lowest BCUT2D eigenvalue weighted by molar-refractivity contribution is 0.113. The molecule has 1 N–H and O–H groups in total. The van der Waals surface area contributed by atoms with Crippen molar-refractivity contribution in [2.24, 2.45) is 5.92 Å². The van der Waals surface area contributed by atoms with E-state index >= 15 is 0 Å². The molecule has 1 unspecified atom stereocenters. The highest BCUT2D eigenvalue weighted by Crippen LogP contribution is 2.27. The normalized spacial score (nSPS) is 15.7. The molecule has 0 spiro atoms. The molecule has 3 aromatic carbocycles. The van der Waals surface area contributed by atoms with Gasteiger partial charge < -0.3 is 24.4 Å². The number of ether oxygens (including phenoxy) is 3. The van der Waals surface area contributed by atoms with Crippen molar-refractivity contribution < 1.29 is 23.4 Å². The second-order valence-electron chi connectivity index (χ2n) is 11.0. The van der Waals surface area contributed by atoms with Crippen molar-refractivity contribution in [2.75, 3.05) is 44.1 Å². The number of halogens is 1. The van der Waals surface area contributed by atoms with Crippen LogP contribution in [0.2, 0.25) is 0 Å². The van der Waals surface area contributed by atoms with Crippen LogP contribution in [0.4, 0.5) is 26.6 Å². The number of hydrogen-bond acceptors (Lipinski definition) is 8. The minimum absolute atomic E-state index is 0.172. The number of methoxy groups -OCH3 is 1. The van der Waals surface area contributed by atoms with Gasteiger partial charge in [0.25, 0.3) is 0 Å². The van der Waals surface area contributed by atoms with Gasteiger partial charge in [0.05, 0.1) is 20.3 Å². The Morgan fingerprint density at radius 2 is 1.95 bits per heavy atom. The number of carbonyl (C=O) groups excluding carboxylic acids is 1. The summed E-state index contributed by atoms with van der Waals surface area (Å²) >= 11 is 0. The Morgan fingerprint density at radius 3 is 2.73 bits per heavy atom. The van der Waals surface area contributed by atoms with Crippen LogP contribution in [0.3, 0.4) is 0 Å². The van der Waals surface area contributed by atoms with E-state index < -0.39 is 18.0 Å². The lowest BCUT2D eigenvalue weighted by Gasteiger charge is -2.29. The number of nitrogens with one attached hydrogen (secondary N) is 1. The third kappa shape index (κ3) is 8.23. The average molecular weight is 600 g/mol. The topological polar surface area (TPSA) is 89.0 Å². The maximum atomic E-state index is 15.0. The van der Waals surface area contributed by atoms with Crippen LogP contribution < -0.4 is 19.7 Å². The Balaban J connectivity index is 1.32. The molecule has 44 heavy (non-hydrogen) atoms. The first-order chi connectivity index (χ1) is 21.4. The van der Waals surface area contributed by atoms with E-state index in [1.807, 2.05) is 61.5 Å². The summed E-state index contributed by atoms with van der Waals surface area (Å²) in [7, 11) is 3.68. The van der Waals surface area contributed by atoms with Gasteiger partial charge in [0.1, 0.15) is 17.7 Å². The summed E-state index contributed by atoms with van der Waals surface area (Å²) in [4.78, 5) is 26.1. The summed E-state index contributed by atoms with van der Waals surface area (Å²) in [6.07, 6.45) is 2.67. The summed E-state index contributed by atoms with van der Waals surface area (Å²) in [6.45, 7) is 4.50. The molecule has 0 bridgehead atoms. The zero-order valence-electron chi connectivity index (χ0n) is 25.3. The highest BCUT2D eigenvalue weighted by Gasteiger charge is 2.23. The number of hydrogen-bond donors (Lipinski definition) is 1. The van der Waals surface area contributed by atoms with Crippen LogP contribution in [-0.2, 0) is 11.3 Å². The lowest BCUT2D eigenvalue weighted by atomic mass is 10.00. The van der Waals surface area contributed by atoms with Crippen molar-refractivity contribution in [1.82, 2.24) is 14.9 Å². The molecule has 4 aromatic rings. The number of piperidine rings is 1. The van der Waals surface area contributed by atoms with Crippen molar-refractivity contribution in [2.45, 2.75) is 32.4 Å². The van der Waals surface area contributed by atoms with Crippen molar-refractivity contribution >= 4 is 23.5 Å². The first kappa shape index (κ1) is 30.7. The van der Waals surface area contributed by atoms with Crippen LogP contribution in [0.1, 0.15) is 37.0 Å². The van der Waals surface area contributed by atoms with Crippen LogP contribution in [0.25, 0.3) is 0 Å². The van der Waals surface area contributed by atoms with Gasteiger partial charge in [-0.05, 0) is 74.8 Å². The Bertz CT molecular complexity index is 1540. The predicted molar refractivity (Wildman–Crippen MR) is 168 cm³/mol. The van der Waals surface area contributed by atoms with Gasteiger partial charge in [-0.2, -0.15) is 4.98 Å². The molecule has 1 aliphatic heterocycles. The van der Waals surface area contributed by atoms with E-state index in [0.717, 1.165) is 37.1 Å². The lowest BCUT2D eigenvalue weighted by Crippen LogP contribution is -2.34. The number of benzene rings is 3. The first-order valence-corrected chi connectivity index (χ1v) is 14.7. The van der Waals surface area contributed by atoms with E-state index in [4.69, 9.17) is 14.2 Å². The number of rotatable bonds is 11. The number of nitrogens with zero attached hydrogens (tertiary/aromatic N) is 4. The molecule has 1 fully saturated rings. The van der Waals surface area contributed by atoms with Gasteiger partial charge in [0.15, 0.2) is 11.6 Å². The second-order valence-corrected chi connectivity index (χ2v) is 11.0. The SMILES string of the molecule is COc1cccc(CN(C(=O)O[C@@H](C)c2ccccc2)c2ccnc(Nc3ccc(OCC4CCCN(C)C4)c(F)c3)n2)c1. The molecule has 0 radical (unpaired) electrons. The summed E-state index contributed by atoms with van der Waals surface area (Å²) in [5, 5.41) is 3.04. The molecule has 1 aliphatic rings. The van der Waals surface area contributed by atoms with E-state index in [1.165, 1.54) is 17.2 Å². The summed E-state index contributed by atoms with van der Waals surface area (Å²) in [5.74, 6) is 1.28. The summed E-state index contributed by atoms with van der Waals surface area (Å²) < 4.78 is 32.0. The highest BCUT2D eigenvalue weighted by atomic mass is 19.1. The Hall–Kier alpha value is -4.70. The van der Waals surface area contributed by atoms with Crippen molar-refractivity contribution in [3.05, 3.63) is 102 Å². The molecule has 2 heterocycles. The minimum atomic E-state index is -0.578. The number of likely N-dealkylation sites (tertiary alicyclic amines) is 1. The molecular weight excluding hydrogens is 561 g/mol. The third-order valence-electron chi connectivity index (χ3n) is 7.54. The number of aromatic nitrogens is 2. The fraction of sp³-hybridized carbons (Fsp3) is 0.324. The van der Waals surface area contributed by atoms with Gasteiger partial charge in [-0.25, -0.2) is 14.2 Å². The molecule has 9 nitrogen and oxygen atoms in total. The third-order valence-corrected chi connectivity index (χ3v) is 7.54. The standard InChI is InChI=1S/C34H38FN5O4/c1-24(27-11-5-4-6-12-27)44-34(41)40(22-25-9-7-13-29(19-25)42-3)32-16-17-36-33(38-32)37-28-14-15-31(30(35)20-28)43-23-26-10-8-18-39(2)21-26/h4-7,9,11-17,19-20,24,26H,8,10,18,21-23H2,1-3H3,(H,36,37,38)/t24-,26?/m0/s1. The average Bonchev–Trinajstić information content (AvgIpc) is 3.04. The highest BCUT2D eigenvalue weighted by molar-refractivity contribution is 5.86. The molecule has 0 aliphatic carbocycles. The van der Waals surface area contributed by atoms with E-state index in [2.05, 4.69) is 27.2 Å². The van der Waals surface area contributed by atoms with Crippen molar-refractivity contribution in [1.29, 1.82) is 0 Å². The van der Waals surface area contributed by atoms with Crippen LogP contribution in [-0.4, -0.2) is 54.8 Å². The van der Waals surface area contributed by atoms with Gasteiger partial charge in [0, 0.05) is 30.4 Å². The van der Waals surface area contributed by atoms with Crippen LogP contribution in [0.5, 0.6) is 11.5 Å². The molecular formula is C34H38FN5O4. The molecule has 0 saturated carbocycles. The Kier molecular flexibility index (Phi) is 10.2. The van der Waals surface area contributed by atoms with Gasteiger partial charge in [0.2, 0.25) is 5.95 Å². The summed E-state index contributed by atoms with van der Waals surface area (Å²) in [6, 6.07) is 23.2. The number of anilines is 3. The van der Waals surface area contributed by atoms with E-state index in [9.17, 15) is 9.18 Å². The van der Waals surface area contributed by atoms with Gasteiger partial charge in [-0.3, -0.25) is 4.90 Å². The van der Waals surface area contributed by atoms with Crippen LogP contribution in [0.15, 0.2) is 85.1 Å². The Labute approximate surface area is 257 Å². The molecule has 1 aromatic heterocycles. The Morgan fingerprint density at radius 1 is 1.11 bits per heavy atom. The fourth-order valence-electron chi connectivity index (χ4n) is 5.20. The first-order valence-electron chi connectivity index (χ1n) is 14.7. The fourth-order valence-corrected chi connectivity index (χ4v) is 5.20. The second kappa shape index (κ2) is 14.7. The van der Waals surface area contributed by atoms with Gasteiger partial charge in [-0.15, -0.1) is 0 Å². The minimum Gasteiger partial charge on any atom is -0.497 e. The maximum absolute atomic E-state index is 15.0. The van der Waals surface area contributed by atoms with Crippen LogP contribution in [0, 0.1) is 11.7 Å². The monoisotopic (exact) mass is 599 g/mol. The molecule has 10 heteroatoms. The zero-order valence-corrected chi connectivity index (χ0v) is 25.3.